The van der Waals surface area contributed by atoms with Gasteiger partial charge in [-0.2, -0.15) is 0 Å². The highest BCUT2D eigenvalue weighted by molar-refractivity contribution is 6.00. The molecule has 0 aliphatic heterocycles. The van der Waals surface area contributed by atoms with E-state index >= 15 is 0 Å². The number of amides is 2. The smallest absolute Gasteiger partial charge is 0.323 e. The number of benzene rings is 2. The van der Waals surface area contributed by atoms with E-state index in [1.54, 1.807) is 24.3 Å². The molecule has 2 amide bonds. The zero-order valence-electron chi connectivity index (χ0n) is 11.6. The molecule has 5 nitrogen and oxygen atoms in total. The third-order valence-electron chi connectivity index (χ3n) is 2.79. The number of rotatable bonds is 3. The molecule has 0 atom stereocenters. The Bertz CT molecular complexity index is 593. The van der Waals surface area contributed by atoms with Crippen molar-refractivity contribution >= 4 is 28.8 Å². The molecule has 5 heteroatoms. The number of anilines is 4. The molecule has 0 aromatic heterocycles. The highest BCUT2D eigenvalue weighted by atomic mass is 16.2. The lowest BCUT2D eigenvalue weighted by Gasteiger charge is -2.14. The van der Waals surface area contributed by atoms with Gasteiger partial charge in [0.2, 0.25) is 0 Å². The first kappa shape index (κ1) is 13.7. The number of carbonyl (C=O) groups is 1. The lowest BCUT2D eigenvalue weighted by atomic mass is 10.2. The van der Waals surface area contributed by atoms with Crippen molar-refractivity contribution in [3.63, 3.8) is 0 Å². The van der Waals surface area contributed by atoms with Crippen LogP contribution in [0.5, 0.6) is 0 Å². The number of nitrogen functional groups attached to an aromatic ring is 1. The highest BCUT2D eigenvalue weighted by Crippen LogP contribution is 2.17. The third kappa shape index (κ3) is 3.65. The van der Waals surface area contributed by atoms with Crippen molar-refractivity contribution in [1.82, 2.24) is 0 Å². The maximum Gasteiger partial charge on any atom is 0.323 e. The van der Waals surface area contributed by atoms with Crippen LogP contribution in [0, 0.1) is 0 Å². The number of nitrogens with two attached hydrogens (primary N) is 1. The summed E-state index contributed by atoms with van der Waals surface area (Å²) in [5, 5.41) is 5.54. The monoisotopic (exact) mass is 270 g/mol. The van der Waals surface area contributed by atoms with Gasteiger partial charge in [-0.05, 0) is 42.5 Å². The topological polar surface area (TPSA) is 70.4 Å². The Morgan fingerprint density at radius 1 is 1.00 bits per heavy atom. The molecule has 0 bridgehead atoms. The van der Waals surface area contributed by atoms with Crippen LogP contribution in [0.25, 0.3) is 0 Å². The summed E-state index contributed by atoms with van der Waals surface area (Å²) in [6, 6.07) is 14.3. The molecule has 0 aliphatic rings. The van der Waals surface area contributed by atoms with Gasteiger partial charge in [0.15, 0.2) is 0 Å². The molecular formula is C15H18N4O. The van der Waals surface area contributed by atoms with Crippen LogP contribution in [-0.4, -0.2) is 20.1 Å². The largest absolute Gasteiger partial charge is 0.399 e. The van der Waals surface area contributed by atoms with Crippen molar-refractivity contribution in [2.24, 2.45) is 0 Å². The lowest BCUT2D eigenvalue weighted by Crippen LogP contribution is -2.19. The summed E-state index contributed by atoms with van der Waals surface area (Å²) in [6.07, 6.45) is 0. The molecule has 0 saturated carbocycles. The summed E-state index contributed by atoms with van der Waals surface area (Å²) in [6.45, 7) is 0. The van der Waals surface area contributed by atoms with Gasteiger partial charge in [0, 0.05) is 36.8 Å². The lowest BCUT2D eigenvalue weighted by molar-refractivity contribution is 0.262. The van der Waals surface area contributed by atoms with Gasteiger partial charge < -0.3 is 21.3 Å². The summed E-state index contributed by atoms with van der Waals surface area (Å²) in [5.74, 6) is 0. The fraction of sp³-hybridized carbons (Fsp3) is 0.133. The second kappa shape index (κ2) is 5.97. The molecule has 4 N–H and O–H groups in total. The molecule has 2 rings (SSSR count). The maximum absolute atomic E-state index is 11.9. The Morgan fingerprint density at radius 2 is 1.65 bits per heavy atom. The van der Waals surface area contributed by atoms with Gasteiger partial charge in [-0.25, -0.2) is 4.79 Å². The predicted octanol–water partition coefficient (Wildman–Crippen LogP) is 2.98. The van der Waals surface area contributed by atoms with Gasteiger partial charge in [-0.3, -0.25) is 0 Å². The van der Waals surface area contributed by atoms with Crippen LogP contribution in [0.15, 0.2) is 48.5 Å². The molecular weight excluding hydrogens is 252 g/mol. The zero-order valence-corrected chi connectivity index (χ0v) is 11.6. The fourth-order valence-electron chi connectivity index (χ4n) is 1.72. The first-order valence-electron chi connectivity index (χ1n) is 6.25. The van der Waals surface area contributed by atoms with Crippen molar-refractivity contribution < 1.29 is 4.79 Å². The molecule has 0 aliphatic carbocycles. The first-order valence-corrected chi connectivity index (χ1v) is 6.25. The molecule has 20 heavy (non-hydrogen) atoms. The number of urea groups is 1. The van der Waals surface area contributed by atoms with E-state index in [2.05, 4.69) is 10.6 Å². The molecule has 2 aromatic carbocycles. The predicted molar refractivity (Wildman–Crippen MR) is 84.3 cm³/mol. The number of carbonyl (C=O) groups excluding carboxylic acids is 1. The van der Waals surface area contributed by atoms with E-state index in [0.717, 1.165) is 11.4 Å². The van der Waals surface area contributed by atoms with Crippen LogP contribution in [0.4, 0.5) is 27.5 Å². The van der Waals surface area contributed by atoms with E-state index in [9.17, 15) is 4.79 Å². The molecule has 0 spiro atoms. The van der Waals surface area contributed by atoms with E-state index in [4.69, 9.17) is 5.73 Å². The average Bonchev–Trinajstić information content (AvgIpc) is 2.41. The Morgan fingerprint density at radius 3 is 2.30 bits per heavy atom. The van der Waals surface area contributed by atoms with Gasteiger partial charge in [0.25, 0.3) is 0 Å². The van der Waals surface area contributed by atoms with E-state index in [1.807, 2.05) is 43.3 Å². The summed E-state index contributed by atoms with van der Waals surface area (Å²) in [7, 11) is 3.90. The van der Waals surface area contributed by atoms with Crippen molar-refractivity contribution in [3.05, 3.63) is 48.5 Å². The standard InChI is InChI=1S/C15H18N4O/c1-19(2)14-5-3-4-13(10-14)18-15(20)17-12-8-6-11(16)7-9-12/h3-10H,16H2,1-2H3,(H2,17,18,20). The number of hydrogen-bond acceptors (Lipinski definition) is 3. The van der Waals surface area contributed by atoms with Crippen molar-refractivity contribution in [2.45, 2.75) is 0 Å². The van der Waals surface area contributed by atoms with Gasteiger partial charge in [-0.15, -0.1) is 0 Å². The molecule has 104 valence electrons. The molecule has 2 aromatic rings. The molecule has 0 saturated heterocycles. The molecule has 0 heterocycles. The number of nitrogens with zero attached hydrogens (tertiary/aromatic N) is 1. The van der Waals surface area contributed by atoms with E-state index in [-0.39, 0.29) is 6.03 Å². The molecule has 0 radical (unpaired) electrons. The maximum atomic E-state index is 11.9. The Labute approximate surface area is 118 Å². The van der Waals surface area contributed by atoms with Crippen LogP contribution in [0.2, 0.25) is 0 Å². The second-order valence-electron chi connectivity index (χ2n) is 4.65. The van der Waals surface area contributed by atoms with E-state index in [0.29, 0.717) is 11.4 Å². The highest BCUT2D eigenvalue weighted by Gasteiger charge is 2.03. The van der Waals surface area contributed by atoms with Gasteiger partial charge in [0.1, 0.15) is 0 Å². The number of hydrogen-bond donors (Lipinski definition) is 3. The first-order chi connectivity index (χ1) is 9.54. The summed E-state index contributed by atoms with van der Waals surface area (Å²) < 4.78 is 0. The molecule has 0 unspecified atom stereocenters. The van der Waals surface area contributed by atoms with Crippen LogP contribution in [-0.2, 0) is 0 Å². The SMILES string of the molecule is CN(C)c1cccc(NC(=O)Nc2ccc(N)cc2)c1. The molecule has 0 fully saturated rings. The average molecular weight is 270 g/mol. The van der Waals surface area contributed by atoms with Gasteiger partial charge >= 0.3 is 6.03 Å². The van der Waals surface area contributed by atoms with Crippen molar-refractivity contribution in [3.8, 4) is 0 Å². The van der Waals surface area contributed by atoms with Crippen molar-refractivity contribution in [1.29, 1.82) is 0 Å². The minimum absolute atomic E-state index is 0.286. The van der Waals surface area contributed by atoms with Crippen LogP contribution in [0.3, 0.4) is 0 Å². The summed E-state index contributed by atoms with van der Waals surface area (Å²) >= 11 is 0. The number of nitrogens with one attached hydrogen (secondary N) is 2. The Kier molecular flexibility index (Phi) is 4.10. The van der Waals surface area contributed by atoms with E-state index < -0.39 is 0 Å². The van der Waals surface area contributed by atoms with Crippen molar-refractivity contribution in [2.75, 3.05) is 35.4 Å². The Hall–Kier alpha value is -2.69. The quantitative estimate of drug-likeness (QED) is 0.751. The van der Waals surface area contributed by atoms with Gasteiger partial charge in [-0.1, -0.05) is 6.07 Å². The minimum atomic E-state index is -0.286. The Balaban J connectivity index is 2.01. The van der Waals surface area contributed by atoms with Crippen LogP contribution >= 0.6 is 0 Å². The third-order valence-corrected chi connectivity index (χ3v) is 2.79. The van der Waals surface area contributed by atoms with Crippen LogP contribution in [0.1, 0.15) is 0 Å². The normalized spacial score (nSPS) is 9.90. The minimum Gasteiger partial charge on any atom is -0.399 e. The summed E-state index contributed by atoms with van der Waals surface area (Å²) in [4.78, 5) is 13.9. The second-order valence-corrected chi connectivity index (χ2v) is 4.65. The summed E-state index contributed by atoms with van der Waals surface area (Å²) in [5.41, 5.74) is 8.71. The van der Waals surface area contributed by atoms with Crippen LogP contribution < -0.4 is 21.3 Å². The zero-order chi connectivity index (χ0) is 14.5. The fourth-order valence-corrected chi connectivity index (χ4v) is 1.72. The van der Waals surface area contributed by atoms with Gasteiger partial charge in [0.05, 0.1) is 0 Å². The van der Waals surface area contributed by atoms with E-state index in [1.165, 1.54) is 0 Å².